The number of ether oxygens (including phenoxy) is 1. The Hall–Kier alpha value is -3.39. The third-order valence-corrected chi connectivity index (χ3v) is 6.00. The molecule has 3 aromatic rings. The number of rotatable bonds is 9. The molecule has 0 aliphatic carbocycles. The molecule has 0 saturated heterocycles. The van der Waals surface area contributed by atoms with E-state index in [1.54, 1.807) is 42.8 Å². The maximum atomic E-state index is 13.3. The van der Waals surface area contributed by atoms with Crippen LogP contribution in [-0.2, 0) is 4.79 Å². The molecule has 1 aromatic carbocycles. The number of furan rings is 1. The van der Waals surface area contributed by atoms with E-state index in [9.17, 15) is 14.7 Å². The highest BCUT2D eigenvalue weighted by Crippen LogP contribution is 2.43. The number of hydrogen-bond donors (Lipinski definition) is 1. The van der Waals surface area contributed by atoms with Crippen LogP contribution in [0.5, 0.6) is 5.75 Å². The van der Waals surface area contributed by atoms with Gasteiger partial charge < -0.3 is 14.3 Å². The lowest BCUT2D eigenvalue weighted by Crippen LogP contribution is -2.30. The van der Waals surface area contributed by atoms with Gasteiger partial charge in [0.25, 0.3) is 5.91 Å². The van der Waals surface area contributed by atoms with Crippen molar-refractivity contribution in [2.45, 2.75) is 39.2 Å². The first-order chi connectivity index (χ1) is 15.5. The fourth-order valence-electron chi connectivity index (χ4n) is 3.69. The lowest BCUT2D eigenvalue weighted by molar-refractivity contribution is -0.117. The second-order valence-corrected chi connectivity index (χ2v) is 8.40. The molecule has 8 heteroatoms. The molecule has 1 atom stereocenters. The number of benzene rings is 1. The highest BCUT2D eigenvalue weighted by molar-refractivity contribution is 7.13. The zero-order chi connectivity index (χ0) is 22.7. The third-order valence-electron chi connectivity index (χ3n) is 5.23. The van der Waals surface area contributed by atoms with Crippen molar-refractivity contribution in [1.82, 2.24) is 4.98 Å². The number of thiazole rings is 1. The molecule has 1 aliphatic rings. The number of amides is 1. The summed E-state index contributed by atoms with van der Waals surface area (Å²) < 4.78 is 11.4. The van der Waals surface area contributed by atoms with Crippen molar-refractivity contribution < 1.29 is 23.8 Å². The van der Waals surface area contributed by atoms with Crippen LogP contribution in [0, 0.1) is 6.92 Å². The van der Waals surface area contributed by atoms with E-state index in [0.29, 0.717) is 28.8 Å². The Morgan fingerprint density at radius 3 is 2.81 bits per heavy atom. The molecule has 0 radical (unpaired) electrons. The zero-order valence-electron chi connectivity index (χ0n) is 17.9. The molecule has 1 unspecified atom stereocenters. The van der Waals surface area contributed by atoms with Gasteiger partial charge in [0.15, 0.2) is 16.7 Å². The highest BCUT2D eigenvalue weighted by atomic mass is 32.1. The number of anilines is 1. The van der Waals surface area contributed by atoms with Crippen molar-refractivity contribution in [1.29, 1.82) is 0 Å². The van der Waals surface area contributed by atoms with Crippen molar-refractivity contribution >= 4 is 28.2 Å². The van der Waals surface area contributed by atoms with Gasteiger partial charge in [0.1, 0.15) is 11.5 Å². The van der Waals surface area contributed by atoms with Crippen LogP contribution < -0.4 is 9.64 Å². The van der Waals surface area contributed by atoms with Crippen LogP contribution in [0.4, 0.5) is 5.13 Å². The Morgan fingerprint density at radius 1 is 1.28 bits per heavy atom. The maximum absolute atomic E-state index is 13.3. The van der Waals surface area contributed by atoms with Gasteiger partial charge in [-0.1, -0.05) is 31.9 Å². The Balaban J connectivity index is 1.74. The van der Waals surface area contributed by atoms with E-state index in [-0.39, 0.29) is 11.3 Å². The van der Waals surface area contributed by atoms with Gasteiger partial charge in [-0.15, -0.1) is 11.3 Å². The van der Waals surface area contributed by atoms with Crippen LogP contribution in [0.25, 0.3) is 0 Å². The molecule has 0 bridgehead atoms. The molecule has 1 aliphatic heterocycles. The lowest BCUT2D eigenvalue weighted by Gasteiger charge is -2.24. The van der Waals surface area contributed by atoms with Crippen LogP contribution in [-0.4, -0.2) is 28.4 Å². The largest absolute Gasteiger partial charge is 0.503 e. The van der Waals surface area contributed by atoms with Crippen molar-refractivity contribution in [3.05, 3.63) is 76.4 Å². The van der Waals surface area contributed by atoms with Crippen molar-refractivity contribution in [2.75, 3.05) is 11.5 Å². The number of Topliss-reactive ketones (excluding diaryl/α,β-unsaturated/α-hetero) is 1. The summed E-state index contributed by atoms with van der Waals surface area (Å²) in [5, 5.41) is 12.9. The standard InChI is InChI=1S/C24H24N2O5S/c1-3-4-5-12-30-17-8-6-7-16(14-17)20-19(21(27)18-10-9-15(2)31-18)22(28)23(29)26(20)24-25-11-13-32-24/h6-11,13-14,20,28H,3-5,12H2,1-2H3. The predicted octanol–water partition coefficient (Wildman–Crippen LogP) is 5.40. The number of hydrogen-bond acceptors (Lipinski definition) is 7. The van der Waals surface area contributed by atoms with Gasteiger partial charge in [-0.3, -0.25) is 14.5 Å². The number of ketones is 1. The first-order valence-corrected chi connectivity index (χ1v) is 11.4. The molecule has 0 fully saturated rings. The molecular formula is C24H24N2O5S. The molecule has 32 heavy (non-hydrogen) atoms. The quantitative estimate of drug-likeness (QED) is 0.345. The molecule has 1 N–H and O–H groups in total. The molecule has 0 spiro atoms. The van der Waals surface area contributed by atoms with E-state index >= 15 is 0 Å². The molecule has 0 saturated carbocycles. The first kappa shape index (κ1) is 21.8. The second-order valence-electron chi connectivity index (χ2n) is 7.52. The Labute approximate surface area is 190 Å². The van der Waals surface area contributed by atoms with Crippen molar-refractivity contribution in [3.63, 3.8) is 0 Å². The van der Waals surface area contributed by atoms with Crippen LogP contribution in [0.1, 0.15) is 54.1 Å². The van der Waals surface area contributed by atoms with E-state index in [1.807, 2.05) is 12.1 Å². The Kier molecular flexibility index (Phi) is 6.41. The summed E-state index contributed by atoms with van der Waals surface area (Å²) in [5.41, 5.74) is 0.597. The summed E-state index contributed by atoms with van der Waals surface area (Å²) in [7, 11) is 0. The molecule has 3 heterocycles. The van der Waals surface area contributed by atoms with Gasteiger partial charge in [0, 0.05) is 11.6 Å². The highest BCUT2D eigenvalue weighted by Gasteiger charge is 2.46. The van der Waals surface area contributed by atoms with Crippen LogP contribution in [0.15, 0.2) is 63.7 Å². The topological polar surface area (TPSA) is 92.9 Å². The third kappa shape index (κ3) is 4.18. The number of carbonyl (C=O) groups excluding carboxylic acids is 2. The normalized spacial score (nSPS) is 16.1. The number of aromatic nitrogens is 1. The average molecular weight is 453 g/mol. The molecule has 4 rings (SSSR count). The first-order valence-electron chi connectivity index (χ1n) is 10.5. The summed E-state index contributed by atoms with van der Waals surface area (Å²) in [5.74, 6) is -0.549. The van der Waals surface area contributed by atoms with Crippen LogP contribution in [0.2, 0.25) is 0 Å². The van der Waals surface area contributed by atoms with Gasteiger partial charge in [-0.25, -0.2) is 4.98 Å². The van der Waals surface area contributed by atoms with E-state index < -0.39 is 23.5 Å². The Bertz CT molecular complexity index is 1150. The monoisotopic (exact) mass is 452 g/mol. The minimum absolute atomic E-state index is 0.0392. The number of aryl methyl sites for hydroxylation is 1. The van der Waals surface area contributed by atoms with E-state index in [1.165, 1.54) is 16.2 Å². The van der Waals surface area contributed by atoms with Crippen molar-refractivity contribution in [3.8, 4) is 5.75 Å². The number of aliphatic hydroxyl groups excluding tert-OH is 1. The minimum Gasteiger partial charge on any atom is -0.503 e. The maximum Gasteiger partial charge on any atom is 0.296 e. The van der Waals surface area contributed by atoms with Gasteiger partial charge in [-0.05, 0) is 43.2 Å². The molecular weight excluding hydrogens is 428 g/mol. The summed E-state index contributed by atoms with van der Waals surface area (Å²) in [6, 6.07) is 9.59. The van der Waals surface area contributed by atoms with Crippen molar-refractivity contribution in [2.24, 2.45) is 0 Å². The van der Waals surface area contributed by atoms with Crippen LogP contribution in [0.3, 0.4) is 0 Å². The zero-order valence-corrected chi connectivity index (χ0v) is 18.7. The Morgan fingerprint density at radius 2 is 2.12 bits per heavy atom. The number of carbonyl (C=O) groups is 2. The summed E-state index contributed by atoms with van der Waals surface area (Å²) >= 11 is 1.25. The minimum atomic E-state index is -0.856. The summed E-state index contributed by atoms with van der Waals surface area (Å²) in [6.45, 7) is 4.43. The van der Waals surface area contributed by atoms with Gasteiger partial charge in [-0.2, -0.15) is 0 Å². The van der Waals surface area contributed by atoms with Crippen LogP contribution >= 0.6 is 11.3 Å². The molecule has 166 valence electrons. The molecule has 7 nitrogen and oxygen atoms in total. The van der Waals surface area contributed by atoms with Gasteiger partial charge in [0.2, 0.25) is 5.78 Å². The average Bonchev–Trinajstić information content (AvgIpc) is 3.52. The van der Waals surface area contributed by atoms with E-state index in [4.69, 9.17) is 9.15 Å². The number of unbranched alkanes of at least 4 members (excludes halogenated alkanes) is 2. The number of aliphatic hydroxyl groups is 1. The fraction of sp³-hybridized carbons (Fsp3) is 0.292. The SMILES string of the molecule is CCCCCOc1cccc(C2C(C(=O)c3ccc(C)o3)=C(O)C(=O)N2c2nccs2)c1. The number of nitrogens with zero attached hydrogens (tertiary/aromatic N) is 2. The summed E-state index contributed by atoms with van der Waals surface area (Å²) in [4.78, 5) is 31.9. The molecule has 1 amide bonds. The predicted molar refractivity (Wildman–Crippen MR) is 121 cm³/mol. The fourth-order valence-corrected chi connectivity index (χ4v) is 4.36. The smallest absolute Gasteiger partial charge is 0.296 e. The molecule has 2 aromatic heterocycles. The van der Waals surface area contributed by atoms with E-state index in [0.717, 1.165) is 19.3 Å². The summed E-state index contributed by atoms with van der Waals surface area (Å²) in [6.07, 6.45) is 4.69. The van der Waals surface area contributed by atoms with Gasteiger partial charge >= 0.3 is 0 Å². The second kappa shape index (κ2) is 9.40. The van der Waals surface area contributed by atoms with Gasteiger partial charge in [0.05, 0.1) is 18.2 Å². The lowest BCUT2D eigenvalue weighted by atomic mass is 9.95. The van der Waals surface area contributed by atoms with E-state index in [2.05, 4.69) is 11.9 Å².